The quantitative estimate of drug-likeness (QED) is 0.417. The Morgan fingerprint density at radius 1 is 1.13 bits per heavy atom. The normalized spacial score (nSPS) is 28.7. The van der Waals surface area contributed by atoms with E-state index in [1.807, 2.05) is 0 Å². The summed E-state index contributed by atoms with van der Waals surface area (Å²) in [7, 11) is -3.59. The predicted octanol–water partition coefficient (Wildman–Crippen LogP) is 4.41. The number of nitrogens with zero attached hydrogens (tertiary/aromatic N) is 1. The molecule has 38 heavy (non-hydrogen) atoms. The first kappa shape index (κ1) is 26.0. The molecular formula is C24H18Cl2F4N2O5S. The molecule has 4 atom stereocenters. The molecule has 0 aromatic heterocycles. The second kappa shape index (κ2) is 8.62. The van der Waals surface area contributed by atoms with Crippen LogP contribution in [-0.4, -0.2) is 50.2 Å². The van der Waals surface area contributed by atoms with E-state index >= 15 is 0 Å². The number of ether oxygens (including phenoxy) is 1. The van der Waals surface area contributed by atoms with Crippen LogP contribution in [0.3, 0.4) is 0 Å². The third-order valence-corrected chi connectivity index (χ3v) is 10.1. The van der Waals surface area contributed by atoms with E-state index in [0.29, 0.717) is 18.7 Å². The molecule has 202 valence electrons. The van der Waals surface area contributed by atoms with E-state index in [-0.39, 0.29) is 28.3 Å². The Kier molecular flexibility index (Phi) is 5.90. The van der Waals surface area contributed by atoms with Crippen molar-refractivity contribution in [3.63, 3.8) is 0 Å². The fourth-order valence-corrected chi connectivity index (χ4v) is 7.26. The Balaban J connectivity index is 1.41. The smallest absolute Gasteiger partial charge is 0.386 e. The zero-order chi connectivity index (χ0) is 27.2. The fourth-order valence-electron chi connectivity index (χ4n) is 5.41. The summed E-state index contributed by atoms with van der Waals surface area (Å²) >= 11 is 11.7. The summed E-state index contributed by atoms with van der Waals surface area (Å²) in [6, 6.07) is 6.36. The van der Waals surface area contributed by atoms with Crippen molar-refractivity contribution in [3.05, 3.63) is 68.4 Å². The van der Waals surface area contributed by atoms with Gasteiger partial charge in [0.25, 0.3) is 0 Å². The lowest BCUT2D eigenvalue weighted by molar-refractivity contribution is -0.178. The maximum Gasteiger partial charge on any atom is 0.401 e. The van der Waals surface area contributed by atoms with E-state index in [1.165, 1.54) is 12.1 Å². The largest absolute Gasteiger partial charge is 0.401 e. The molecule has 2 aromatic rings. The maximum atomic E-state index is 14.8. The van der Waals surface area contributed by atoms with Gasteiger partial charge in [0.05, 0.1) is 10.8 Å². The Labute approximate surface area is 224 Å². The number of hydrogen-bond acceptors (Lipinski definition) is 7. The third-order valence-electron chi connectivity index (χ3n) is 7.50. The van der Waals surface area contributed by atoms with Crippen molar-refractivity contribution < 1.29 is 40.3 Å². The molecule has 0 saturated carbocycles. The Bertz CT molecular complexity index is 1510. The van der Waals surface area contributed by atoms with Crippen molar-refractivity contribution in [1.29, 1.82) is 0 Å². The van der Waals surface area contributed by atoms with Gasteiger partial charge < -0.3 is 14.9 Å². The summed E-state index contributed by atoms with van der Waals surface area (Å²) in [6.07, 6.45) is -7.91. The van der Waals surface area contributed by atoms with Gasteiger partial charge in [-0.3, -0.25) is 4.79 Å². The molecule has 0 bridgehead atoms. The van der Waals surface area contributed by atoms with Gasteiger partial charge >= 0.3 is 6.18 Å². The molecular weight excluding hydrogens is 575 g/mol. The number of nitrogens with one attached hydrogen (secondary N) is 1. The molecule has 4 aliphatic heterocycles. The van der Waals surface area contributed by atoms with Crippen LogP contribution in [0.5, 0.6) is 0 Å². The third kappa shape index (κ3) is 3.87. The lowest BCUT2D eigenvalue weighted by Gasteiger charge is -2.40. The summed E-state index contributed by atoms with van der Waals surface area (Å²) < 4.78 is 88.2. The highest BCUT2D eigenvalue weighted by Crippen LogP contribution is 2.50. The molecule has 1 N–H and O–H groups in total. The van der Waals surface area contributed by atoms with Crippen LogP contribution in [0.1, 0.15) is 40.9 Å². The Morgan fingerprint density at radius 3 is 2.45 bits per heavy atom. The standard InChI is InChI=1S/C24H18Cl2F4N2O5S/c25-11-6-13(18(27)15(26)7-11)21-17(24(28,29)30)19(32-37-21)10-1-2-14-12(5-10)22(36-23(14)8-31-9-23)20(33)16-3-4-38(16,34)35/h1-2,5-7,16-17,21-22,31H,3-4,8-9H2. The molecule has 2 aromatic carbocycles. The number of carbonyl (C=O) groups is 1. The van der Waals surface area contributed by atoms with Gasteiger partial charge in [0, 0.05) is 29.2 Å². The van der Waals surface area contributed by atoms with Crippen molar-refractivity contribution in [2.75, 3.05) is 18.8 Å². The number of benzene rings is 2. The molecule has 1 spiro atoms. The van der Waals surface area contributed by atoms with Crippen LogP contribution in [0, 0.1) is 11.7 Å². The lowest BCUT2D eigenvalue weighted by atomic mass is 9.82. The van der Waals surface area contributed by atoms with Crippen LogP contribution in [0.15, 0.2) is 35.5 Å². The van der Waals surface area contributed by atoms with Crippen molar-refractivity contribution >= 4 is 44.5 Å². The van der Waals surface area contributed by atoms with Crippen LogP contribution in [0.2, 0.25) is 10.0 Å². The number of sulfone groups is 1. The van der Waals surface area contributed by atoms with Gasteiger partial charge in [-0.05, 0) is 35.7 Å². The first-order valence-corrected chi connectivity index (χ1v) is 14.0. The van der Waals surface area contributed by atoms with Crippen molar-refractivity contribution in [3.8, 4) is 0 Å². The molecule has 7 nitrogen and oxygen atoms in total. The number of Topliss-reactive ketones (excluding diaryl/α,β-unsaturated/α-hetero) is 1. The molecule has 6 rings (SSSR count). The monoisotopic (exact) mass is 592 g/mol. The van der Waals surface area contributed by atoms with Gasteiger partial charge in [-0.15, -0.1) is 0 Å². The van der Waals surface area contributed by atoms with E-state index in [0.717, 1.165) is 12.1 Å². The number of alkyl halides is 3. The molecule has 2 saturated heterocycles. The van der Waals surface area contributed by atoms with E-state index in [2.05, 4.69) is 10.5 Å². The number of hydrogen-bond donors (Lipinski definition) is 1. The van der Waals surface area contributed by atoms with E-state index in [1.54, 1.807) is 6.07 Å². The summed E-state index contributed by atoms with van der Waals surface area (Å²) in [5.41, 5.74) is -1.08. The van der Waals surface area contributed by atoms with Crippen LogP contribution in [-0.2, 0) is 29.8 Å². The number of fused-ring (bicyclic) bond motifs is 2. The van der Waals surface area contributed by atoms with Crippen LogP contribution in [0.4, 0.5) is 17.6 Å². The first-order chi connectivity index (χ1) is 17.8. The van der Waals surface area contributed by atoms with E-state index < -0.39 is 72.9 Å². The number of rotatable bonds is 4. The highest BCUT2D eigenvalue weighted by atomic mass is 35.5. The average molecular weight is 593 g/mol. The van der Waals surface area contributed by atoms with E-state index in [4.69, 9.17) is 32.8 Å². The lowest BCUT2D eigenvalue weighted by Crippen LogP contribution is -2.57. The SMILES string of the molecule is O=C(C1OC2(CNC2)c2ccc(C3=NOC(c4cc(Cl)cc(Cl)c4F)C3C(F)(F)F)cc21)C1CCS1(=O)=O. The number of halogens is 6. The summed E-state index contributed by atoms with van der Waals surface area (Å²) in [6.45, 7) is 0.708. The summed E-state index contributed by atoms with van der Waals surface area (Å²) in [4.78, 5) is 18.3. The fraction of sp³-hybridized carbons (Fsp3) is 0.417. The van der Waals surface area contributed by atoms with Crippen LogP contribution >= 0.6 is 23.2 Å². The minimum absolute atomic E-state index is 0.0238. The average Bonchev–Trinajstić information content (AvgIpc) is 3.40. The minimum atomic E-state index is -4.91. The van der Waals surface area contributed by atoms with Gasteiger partial charge in [0.1, 0.15) is 34.4 Å². The second-order valence-corrected chi connectivity index (χ2v) is 12.9. The van der Waals surface area contributed by atoms with Gasteiger partial charge in [-0.2, -0.15) is 13.2 Å². The molecule has 4 unspecified atom stereocenters. The maximum absolute atomic E-state index is 14.8. The highest BCUT2D eigenvalue weighted by Gasteiger charge is 2.57. The van der Waals surface area contributed by atoms with Gasteiger partial charge in [0.2, 0.25) is 0 Å². The van der Waals surface area contributed by atoms with Crippen molar-refractivity contribution in [2.45, 2.75) is 35.7 Å². The van der Waals surface area contributed by atoms with Crippen molar-refractivity contribution in [2.24, 2.45) is 11.1 Å². The van der Waals surface area contributed by atoms with Gasteiger partial charge in [-0.1, -0.05) is 40.5 Å². The van der Waals surface area contributed by atoms with E-state index in [9.17, 15) is 30.8 Å². The minimum Gasteiger partial charge on any atom is -0.386 e. The predicted molar refractivity (Wildman–Crippen MR) is 128 cm³/mol. The molecule has 14 heteroatoms. The molecule has 0 aliphatic carbocycles. The number of oxime groups is 1. The van der Waals surface area contributed by atoms with Gasteiger partial charge in [0.15, 0.2) is 21.7 Å². The topological polar surface area (TPSA) is 94.1 Å². The second-order valence-electron chi connectivity index (χ2n) is 9.76. The Hall–Kier alpha value is -2.25. The molecule has 0 amide bonds. The number of ketones is 1. The van der Waals surface area contributed by atoms with Crippen LogP contribution < -0.4 is 5.32 Å². The molecule has 0 radical (unpaired) electrons. The molecule has 2 fully saturated rings. The first-order valence-electron chi connectivity index (χ1n) is 11.6. The zero-order valence-corrected chi connectivity index (χ0v) is 21.5. The summed E-state index contributed by atoms with van der Waals surface area (Å²) in [5, 5.41) is 4.96. The summed E-state index contributed by atoms with van der Waals surface area (Å²) in [5.74, 6) is -4.25. The molecule has 4 aliphatic rings. The Morgan fingerprint density at radius 2 is 1.87 bits per heavy atom. The zero-order valence-electron chi connectivity index (χ0n) is 19.2. The highest BCUT2D eigenvalue weighted by molar-refractivity contribution is 7.94. The van der Waals surface area contributed by atoms with Gasteiger partial charge in [-0.25, -0.2) is 12.8 Å². The van der Waals surface area contributed by atoms with Crippen LogP contribution in [0.25, 0.3) is 0 Å². The number of carbonyl (C=O) groups excluding carboxylic acids is 1. The molecule has 4 heterocycles. The van der Waals surface area contributed by atoms with Crippen molar-refractivity contribution in [1.82, 2.24) is 5.32 Å².